The smallest absolute Gasteiger partial charge is 0.295 e. The first-order chi connectivity index (χ1) is 8.41. The summed E-state index contributed by atoms with van der Waals surface area (Å²) < 4.78 is 26.9. The van der Waals surface area contributed by atoms with Crippen LogP contribution in [-0.4, -0.2) is 9.55 Å². The summed E-state index contributed by atoms with van der Waals surface area (Å²) in [6.45, 7) is 0. The summed E-state index contributed by atoms with van der Waals surface area (Å²) in [7, 11) is 0. The SMILES string of the molecule is O=c1[nH]c(Cl)c(F)c(=O)n1-c1ccc(F)cc1Br. The van der Waals surface area contributed by atoms with Gasteiger partial charge in [-0.2, -0.15) is 4.39 Å². The zero-order valence-corrected chi connectivity index (χ0v) is 10.8. The average Bonchev–Trinajstić information content (AvgIpc) is 2.29. The van der Waals surface area contributed by atoms with E-state index in [4.69, 9.17) is 11.6 Å². The van der Waals surface area contributed by atoms with Crippen molar-refractivity contribution >= 4 is 27.5 Å². The molecule has 1 heterocycles. The van der Waals surface area contributed by atoms with E-state index >= 15 is 0 Å². The highest BCUT2D eigenvalue weighted by Gasteiger charge is 2.15. The Morgan fingerprint density at radius 3 is 2.56 bits per heavy atom. The van der Waals surface area contributed by atoms with Crippen LogP contribution in [0.1, 0.15) is 0 Å². The van der Waals surface area contributed by atoms with Gasteiger partial charge in [0.1, 0.15) is 5.82 Å². The number of aromatic amines is 1. The van der Waals surface area contributed by atoms with Gasteiger partial charge in [0.2, 0.25) is 5.82 Å². The molecule has 0 bridgehead atoms. The Kier molecular flexibility index (Phi) is 3.36. The number of H-pyrrole nitrogens is 1. The van der Waals surface area contributed by atoms with Crippen molar-refractivity contribution in [2.75, 3.05) is 0 Å². The van der Waals surface area contributed by atoms with Gasteiger partial charge in [0.25, 0.3) is 5.56 Å². The number of aromatic nitrogens is 2. The summed E-state index contributed by atoms with van der Waals surface area (Å²) in [5.41, 5.74) is -2.12. The van der Waals surface area contributed by atoms with Gasteiger partial charge in [0.15, 0.2) is 5.15 Å². The van der Waals surface area contributed by atoms with E-state index in [-0.39, 0.29) is 10.2 Å². The summed E-state index contributed by atoms with van der Waals surface area (Å²) in [6, 6.07) is 3.26. The third-order valence-electron chi connectivity index (χ3n) is 2.15. The predicted octanol–water partition coefficient (Wildman–Crippen LogP) is 2.22. The van der Waals surface area contributed by atoms with Gasteiger partial charge in [0.05, 0.1) is 5.69 Å². The van der Waals surface area contributed by atoms with E-state index in [0.717, 1.165) is 12.1 Å². The molecule has 0 aliphatic rings. The van der Waals surface area contributed by atoms with E-state index in [1.54, 1.807) is 0 Å². The molecular weight excluding hydrogens is 333 g/mol. The third kappa shape index (κ3) is 2.11. The summed E-state index contributed by atoms with van der Waals surface area (Å²) >= 11 is 8.32. The van der Waals surface area contributed by atoms with Crippen molar-refractivity contribution < 1.29 is 8.78 Å². The molecule has 94 valence electrons. The minimum Gasteiger partial charge on any atom is -0.295 e. The molecule has 0 amide bonds. The highest BCUT2D eigenvalue weighted by molar-refractivity contribution is 9.10. The van der Waals surface area contributed by atoms with Crippen molar-refractivity contribution in [2.45, 2.75) is 0 Å². The Morgan fingerprint density at radius 1 is 1.28 bits per heavy atom. The highest BCUT2D eigenvalue weighted by atomic mass is 79.9. The van der Waals surface area contributed by atoms with Crippen LogP contribution in [0.3, 0.4) is 0 Å². The molecule has 1 aromatic carbocycles. The lowest BCUT2D eigenvalue weighted by atomic mass is 10.3. The molecule has 2 rings (SSSR count). The minimum atomic E-state index is -1.28. The lowest BCUT2D eigenvalue weighted by Gasteiger charge is -2.07. The van der Waals surface area contributed by atoms with Crippen molar-refractivity contribution in [3.63, 3.8) is 0 Å². The monoisotopic (exact) mass is 336 g/mol. The highest BCUT2D eigenvalue weighted by Crippen LogP contribution is 2.20. The van der Waals surface area contributed by atoms with Crippen molar-refractivity contribution in [3.05, 3.63) is 60.3 Å². The van der Waals surface area contributed by atoms with Crippen molar-refractivity contribution in [3.8, 4) is 5.69 Å². The number of nitrogens with zero attached hydrogens (tertiary/aromatic N) is 1. The van der Waals surface area contributed by atoms with E-state index in [1.807, 2.05) is 4.98 Å². The quantitative estimate of drug-likeness (QED) is 0.811. The molecule has 1 aromatic heterocycles. The standard InChI is InChI=1S/C10H4BrClF2N2O2/c11-5-3-4(13)1-2-6(5)16-9(17)7(14)8(12)15-10(16)18/h1-3H,(H,15,18). The molecule has 0 spiro atoms. The fraction of sp³-hybridized carbons (Fsp3) is 0. The first-order valence-corrected chi connectivity index (χ1v) is 5.74. The first kappa shape index (κ1) is 13.0. The molecule has 18 heavy (non-hydrogen) atoms. The van der Waals surface area contributed by atoms with Gasteiger partial charge in [-0.05, 0) is 34.1 Å². The van der Waals surface area contributed by atoms with Crippen molar-refractivity contribution in [2.24, 2.45) is 0 Å². The molecule has 0 atom stereocenters. The predicted molar refractivity (Wildman–Crippen MR) is 65.3 cm³/mol. The van der Waals surface area contributed by atoms with E-state index < -0.39 is 28.0 Å². The molecule has 2 aromatic rings. The Labute approximate surface area is 112 Å². The molecular formula is C10H4BrClF2N2O2. The third-order valence-corrected chi connectivity index (χ3v) is 3.05. The van der Waals surface area contributed by atoms with Crippen LogP contribution in [0.5, 0.6) is 0 Å². The molecule has 0 saturated carbocycles. The summed E-state index contributed by atoms with van der Waals surface area (Å²) in [5, 5.41) is -0.667. The molecule has 0 aliphatic heterocycles. The van der Waals surface area contributed by atoms with Crippen LogP contribution in [0.25, 0.3) is 5.69 Å². The average molecular weight is 338 g/mol. The maximum atomic E-state index is 13.3. The second-order valence-corrected chi connectivity index (χ2v) is 4.53. The number of nitrogens with one attached hydrogen (secondary N) is 1. The molecule has 4 nitrogen and oxygen atoms in total. The Hall–Kier alpha value is -1.47. The zero-order valence-electron chi connectivity index (χ0n) is 8.51. The lowest BCUT2D eigenvalue weighted by Crippen LogP contribution is -2.36. The molecule has 0 aliphatic carbocycles. The molecule has 1 N–H and O–H groups in total. The largest absolute Gasteiger partial charge is 0.334 e. The maximum Gasteiger partial charge on any atom is 0.334 e. The van der Waals surface area contributed by atoms with Crippen LogP contribution in [0.2, 0.25) is 5.15 Å². The van der Waals surface area contributed by atoms with Crippen LogP contribution in [0, 0.1) is 11.6 Å². The molecule has 0 unspecified atom stereocenters. The van der Waals surface area contributed by atoms with E-state index in [2.05, 4.69) is 15.9 Å². The number of benzene rings is 1. The second-order valence-electron chi connectivity index (χ2n) is 3.29. The Morgan fingerprint density at radius 2 is 1.94 bits per heavy atom. The van der Waals surface area contributed by atoms with Gasteiger partial charge >= 0.3 is 5.69 Å². The Bertz CT molecular complexity index is 742. The fourth-order valence-electron chi connectivity index (χ4n) is 1.37. The Balaban J connectivity index is 2.84. The summed E-state index contributed by atoms with van der Waals surface area (Å²) in [6.07, 6.45) is 0. The second kappa shape index (κ2) is 4.66. The molecule has 8 heteroatoms. The first-order valence-electron chi connectivity index (χ1n) is 4.57. The van der Waals surface area contributed by atoms with Gasteiger partial charge in [-0.25, -0.2) is 13.8 Å². The number of rotatable bonds is 1. The van der Waals surface area contributed by atoms with Crippen LogP contribution < -0.4 is 11.2 Å². The van der Waals surface area contributed by atoms with Gasteiger partial charge in [0, 0.05) is 4.47 Å². The number of hydrogen-bond acceptors (Lipinski definition) is 2. The maximum absolute atomic E-state index is 13.3. The topological polar surface area (TPSA) is 54.9 Å². The van der Waals surface area contributed by atoms with Crippen LogP contribution in [-0.2, 0) is 0 Å². The van der Waals surface area contributed by atoms with Crippen LogP contribution >= 0.6 is 27.5 Å². The van der Waals surface area contributed by atoms with Crippen LogP contribution in [0.15, 0.2) is 32.3 Å². The lowest BCUT2D eigenvalue weighted by molar-refractivity contribution is 0.583. The zero-order chi connectivity index (χ0) is 13.4. The van der Waals surface area contributed by atoms with Gasteiger partial charge in [-0.3, -0.25) is 9.78 Å². The number of halogens is 4. The van der Waals surface area contributed by atoms with Crippen LogP contribution in [0.4, 0.5) is 8.78 Å². The molecule has 0 saturated heterocycles. The van der Waals surface area contributed by atoms with E-state index in [0.29, 0.717) is 4.57 Å². The molecule has 0 fully saturated rings. The summed E-state index contributed by atoms with van der Waals surface area (Å²) in [4.78, 5) is 25.2. The van der Waals surface area contributed by atoms with Crippen molar-refractivity contribution in [1.29, 1.82) is 0 Å². The summed E-state index contributed by atoms with van der Waals surface area (Å²) in [5.74, 6) is -1.85. The van der Waals surface area contributed by atoms with E-state index in [9.17, 15) is 18.4 Å². The minimum absolute atomic E-state index is 0.0122. The molecule has 0 radical (unpaired) electrons. The van der Waals surface area contributed by atoms with Gasteiger partial charge < -0.3 is 0 Å². The van der Waals surface area contributed by atoms with E-state index in [1.165, 1.54) is 6.07 Å². The number of hydrogen-bond donors (Lipinski definition) is 1. The van der Waals surface area contributed by atoms with Gasteiger partial charge in [-0.15, -0.1) is 0 Å². The van der Waals surface area contributed by atoms with Crippen molar-refractivity contribution in [1.82, 2.24) is 9.55 Å². The normalized spacial score (nSPS) is 10.7. The van der Waals surface area contributed by atoms with Gasteiger partial charge in [-0.1, -0.05) is 11.6 Å². The fourth-order valence-corrected chi connectivity index (χ4v) is 2.06.